The second kappa shape index (κ2) is 5.11. The van der Waals surface area contributed by atoms with Crippen molar-refractivity contribution in [2.24, 2.45) is 0 Å². The summed E-state index contributed by atoms with van der Waals surface area (Å²) in [7, 11) is 0. The number of halogens is 1. The average molecular weight is 359 g/mol. The molecule has 1 aromatic heterocycles. The first kappa shape index (κ1) is 13.3. The number of hydrogen-bond acceptors (Lipinski definition) is 1. The second-order valence-electron chi connectivity index (χ2n) is 5.63. The molecular formula is C17H15BrN2S. The van der Waals surface area contributed by atoms with E-state index in [1.165, 1.54) is 16.6 Å². The summed E-state index contributed by atoms with van der Waals surface area (Å²) in [5.74, 6) is 0. The van der Waals surface area contributed by atoms with Crippen LogP contribution >= 0.6 is 28.1 Å². The van der Waals surface area contributed by atoms with Crippen LogP contribution in [0.2, 0.25) is 0 Å². The molecule has 1 aliphatic carbocycles. The molecule has 3 aromatic rings. The molecule has 1 heterocycles. The Morgan fingerprint density at radius 3 is 2.81 bits per heavy atom. The molecule has 1 unspecified atom stereocenters. The minimum Gasteiger partial charge on any atom is -0.331 e. The SMILES string of the molecule is S=c1[nH]c2cc(Br)ccc2n1C1CCc2ccccc2C1. The highest BCUT2D eigenvalue weighted by atomic mass is 79.9. The van der Waals surface area contributed by atoms with Crippen molar-refractivity contribution < 1.29 is 0 Å². The minimum atomic E-state index is 0.447. The number of H-pyrrole nitrogens is 1. The molecule has 0 radical (unpaired) electrons. The van der Waals surface area contributed by atoms with Crippen LogP contribution in [0.3, 0.4) is 0 Å². The first-order valence-corrected chi connectivity index (χ1v) is 8.39. The van der Waals surface area contributed by atoms with Crippen molar-refractivity contribution >= 4 is 39.2 Å². The molecule has 2 aromatic carbocycles. The van der Waals surface area contributed by atoms with E-state index in [-0.39, 0.29) is 0 Å². The molecule has 1 atom stereocenters. The Kier molecular flexibility index (Phi) is 3.23. The molecule has 0 saturated heterocycles. The molecule has 2 nitrogen and oxygen atoms in total. The van der Waals surface area contributed by atoms with Crippen LogP contribution in [0.4, 0.5) is 0 Å². The van der Waals surface area contributed by atoms with Crippen molar-refractivity contribution in [3.05, 3.63) is 62.8 Å². The van der Waals surface area contributed by atoms with Gasteiger partial charge in [0.05, 0.1) is 11.0 Å². The summed E-state index contributed by atoms with van der Waals surface area (Å²) in [5, 5.41) is 0. The van der Waals surface area contributed by atoms with Gasteiger partial charge in [0.25, 0.3) is 0 Å². The van der Waals surface area contributed by atoms with E-state index in [2.05, 4.69) is 67.9 Å². The van der Waals surface area contributed by atoms with Crippen LogP contribution in [0.1, 0.15) is 23.6 Å². The maximum atomic E-state index is 5.57. The molecule has 106 valence electrons. The topological polar surface area (TPSA) is 20.7 Å². The molecule has 0 aliphatic heterocycles. The van der Waals surface area contributed by atoms with Crippen LogP contribution in [0, 0.1) is 4.77 Å². The van der Waals surface area contributed by atoms with Crippen molar-refractivity contribution in [1.82, 2.24) is 9.55 Å². The van der Waals surface area contributed by atoms with E-state index in [0.29, 0.717) is 6.04 Å². The molecule has 0 amide bonds. The van der Waals surface area contributed by atoms with Crippen LogP contribution in [0.5, 0.6) is 0 Å². The van der Waals surface area contributed by atoms with Gasteiger partial charge in [-0.05, 0) is 60.8 Å². The molecule has 4 rings (SSSR count). The van der Waals surface area contributed by atoms with Gasteiger partial charge in [0, 0.05) is 10.5 Å². The van der Waals surface area contributed by atoms with Gasteiger partial charge in [0.1, 0.15) is 0 Å². The molecule has 0 spiro atoms. The van der Waals surface area contributed by atoms with Crippen molar-refractivity contribution in [3.63, 3.8) is 0 Å². The van der Waals surface area contributed by atoms with E-state index in [0.717, 1.165) is 34.0 Å². The van der Waals surface area contributed by atoms with E-state index < -0.39 is 0 Å². The quantitative estimate of drug-likeness (QED) is 0.593. The smallest absolute Gasteiger partial charge is 0.178 e. The van der Waals surface area contributed by atoms with Crippen molar-refractivity contribution in [2.75, 3.05) is 0 Å². The largest absolute Gasteiger partial charge is 0.331 e. The molecule has 1 aliphatic rings. The fourth-order valence-corrected chi connectivity index (χ4v) is 4.08. The third-order valence-corrected chi connectivity index (χ3v) is 5.16. The Morgan fingerprint density at radius 1 is 1.14 bits per heavy atom. The van der Waals surface area contributed by atoms with Crippen LogP contribution in [-0.2, 0) is 12.8 Å². The molecule has 1 N–H and O–H groups in total. The normalized spacial score (nSPS) is 17.9. The Labute approximate surface area is 136 Å². The first-order chi connectivity index (χ1) is 10.2. The van der Waals surface area contributed by atoms with Gasteiger partial charge < -0.3 is 9.55 Å². The Morgan fingerprint density at radius 2 is 1.95 bits per heavy atom. The minimum absolute atomic E-state index is 0.447. The zero-order valence-corrected chi connectivity index (χ0v) is 13.9. The maximum absolute atomic E-state index is 5.57. The monoisotopic (exact) mass is 358 g/mol. The fourth-order valence-electron chi connectivity index (χ4n) is 3.36. The van der Waals surface area contributed by atoms with Gasteiger partial charge in [0.15, 0.2) is 4.77 Å². The standard InChI is InChI=1S/C17H15BrN2S/c18-13-6-8-16-15(10-13)19-17(21)20(16)14-7-5-11-3-1-2-4-12(11)9-14/h1-4,6,8,10,14H,5,7,9H2,(H,19,21). The van der Waals surface area contributed by atoms with Gasteiger partial charge in [-0.1, -0.05) is 40.2 Å². The number of aromatic nitrogens is 2. The highest BCUT2D eigenvalue weighted by Gasteiger charge is 2.21. The average Bonchev–Trinajstić information content (AvgIpc) is 2.81. The predicted octanol–water partition coefficient (Wildman–Crippen LogP) is 5.19. The summed E-state index contributed by atoms with van der Waals surface area (Å²) >= 11 is 9.09. The lowest BCUT2D eigenvalue weighted by atomic mass is 9.88. The summed E-state index contributed by atoms with van der Waals surface area (Å²) in [5.41, 5.74) is 5.26. The second-order valence-corrected chi connectivity index (χ2v) is 6.93. The molecule has 21 heavy (non-hydrogen) atoms. The third-order valence-electron chi connectivity index (χ3n) is 4.36. The zero-order valence-electron chi connectivity index (χ0n) is 11.5. The van der Waals surface area contributed by atoms with Gasteiger partial charge in [-0.2, -0.15) is 0 Å². The van der Waals surface area contributed by atoms with Gasteiger partial charge in [0.2, 0.25) is 0 Å². The summed E-state index contributed by atoms with van der Waals surface area (Å²) in [6.45, 7) is 0. The number of imidazole rings is 1. The van der Waals surface area contributed by atoms with Crippen molar-refractivity contribution in [1.29, 1.82) is 0 Å². The van der Waals surface area contributed by atoms with Crippen molar-refractivity contribution in [2.45, 2.75) is 25.3 Å². The number of rotatable bonds is 1. The Hall–Kier alpha value is -1.39. The van der Waals surface area contributed by atoms with Gasteiger partial charge in [-0.15, -0.1) is 0 Å². The summed E-state index contributed by atoms with van der Waals surface area (Å²) < 4.78 is 4.20. The first-order valence-electron chi connectivity index (χ1n) is 7.19. The number of nitrogens with one attached hydrogen (secondary N) is 1. The van der Waals surface area contributed by atoms with Crippen LogP contribution in [0.15, 0.2) is 46.9 Å². The fraction of sp³-hybridized carbons (Fsp3) is 0.235. The highest BCUT2D eigenvalue weighted by molar-refractivity contribution is 9.10. The number of aromatic amines is 1. The number of hydrogen-bond donors (Lipinski definition) is 1. The lowest BCUT2D eigenvalue weighted by Crippen LogP contribution is -2.18. The number of aryl methyl sites for hydroxylation is 1. The van der Waals surface area contributed by atoms with Crippen LogP contribution in [0.25, 0.3) is 11.0 Å². The number of benzene rings is 2. The zero-order chi connectivity index (χ0) is 14.4. The van der Waals surface area contributed by atoms with Crippen molar-refractivity contribution in [3.8, 4) is 0 Å². The van der Waals surface area contributed by atoms with Gasteiger partial charge in [-0.3, -0.25) is 0 Å². The van der Waals surface area contributed by atoms with Crippen LogP contribution < -0.4 is 0 Å². The summed E-state index contributed by atoms with van der Waals surface area (Å²) in [6, 6.07) is 15.5. The van der Waals surface area contributed by atoms with E-state index >= 15 is 0 Å². The molecular weight excluding hydrogens is 344 g/mol. The maximum Gasteiger partial charge on any atom is 0.178 e. The number of nitrogens with zero attached hydrogens (tertiary/aromatic N) is 1. The molecule has 4 heteroatoms. The predicted molar refractivity (Wildman–Crippen MR) is 92.3 cm³/mol. The van der Waals surface area contributed by atoms with Crippen LogP contribution in [-0.4, -0.2) is 9.55 Å². The molecule has 0 fully saturated rings. The number of fused-ring (bicyclic) bond motifs is 2. The van der Waals surface area contributed by atoms with Gasteiger partial charge in [-0.25, -0.2) is 0 Å². The van der Waals surface area contributed by atoms with Gasteiger partial charge >= 0.3 is 0 Å². The molecule has 0 bridgehead atoms. The summed E-state index contributed by atoms with van der Waals surface area (Å²) in [6.07, 6.45) is 3.34. The Bertz CT molecular complexity index is 878. The third kappa shape index (κ3) is 2.27. The Balaban J connectivity index is 1.81. The lowest BCUT2D eigenvalue weighted by molar-refractivity contribution is 0.448. The van der Waals surface area contributed by atoms with E-state index in [1.807, 2.05) is 0 Å². The lowest BCUT2D eigenvalue weighted by Gasteiger charge is -2.26. The highest BCUT2D eigenvalue weighted by Crippen LogP contribution is 2.32. The van der Waals surface area contributed by atoms with E-state index in [9.17, 15) is 0 Å². The van der Waals surface area contributed by atoms with E-state index in [4.69, 9.17) is 12.2 Å². The van der Waals surface area contributed by atoms with E-state index in [1.54, 1.807) is 0 Å². The molecule has 0 saturated carbocycles. The summed E-state index contributed by atoms with van der Waals surface area (Å²) in [4.78, 5) is 3.34.